The lowest BCUT2D eigenvalue weighted by Gasteiger charge is -2.11. The molecule has 0 atom stereocenters. The van der Waals surface area contributed by atoms with Crippen molar-refractivity contribution in [1.29, 1.82) is 0 Å². The van der Waals surface area contributed by atoms with Gasteiger partial charge in [0.15, 0.2) is 17.5 Å². The van der Waals surface area contributed by atoms with Crippen LogP contribution >= 0.6 is 35.6 Å². The maximum Gasteiger partial charge on any atom is 0.193 e. The summed E-state index contributed by atoms with van der Waals surface area (Å²) < 4.78 is 15.8. The van der Waals surface area contributed by atoms with Crippen molar-refractivity contribution < 1.29 is 14.2 Å². The van der Waals surface area contributed by atoms with E-state index in [4.69, 9.17) is 38.0 Å². The van der Waals surface area contributed by atoms with Gasteiger partial charge in [0.25, 0.3) is 0 Å². The molecule has 0 fully saturated rings. The van der Waals surface area contributed by atoms with E-state index >= 15 is 0 Å². The Bertz CT molecular complexity index is 837. The van der Waals surface area contributed by atoms with Gasteiger partial charge in [-0.25, -0.2) is 4.99 Å². The first-order chi connectivity index (χ1) is 12.6. The van der Waals surface area contributed by atoms with E-state index in [0.29, 0.717) is 34.5 Å². The van der Waals surface area contributed by atoms with Gasteiger partial charge in [-0.2, -0.15) is 0 Å². The zero-order chi connectivity index (χ0) is 18.9. The lowest BCUT2D eigenvalue weighted by atomic mass is 10.2. The number of ether oxygens (including phenoxy) is 3. The molecule has 27 heavy (non-hydrogen) atoms. The lowest BCUT2D eigenvalue weighted by Crippen LogP contribution is -2.22. The summed E-state index contributed by atoms with van der Waals surface area (Å²) >= 11 is 6.09. The van der Waals surface area contributed by atoms with Gasteiger partial charge in [0.05, 0.1) is 25.8 Å². The Morgan fingerprint density at radius 3 is 2.48 bits per heavy atom. The molecule has 0 aliphatic carbocycles. The summed E-state index contributed by atoms with van der Waals surface area (Å²) in [4.78, 5) is 4.31. The number of anilines is 1. The second-order valence-corrected chi connectivity index (χ2v) is 5.56. The van der Waals surface area contributed by atoms with Crippen LogP contribution in [-0.4, -0.2) is 26.8 Å². The molecule has 3 N–H and O–H groups in total. The third-order valence-corrected chi connectivity index (χ3v) is 3.69. The van der Waals surface area contributed by atoms with Crippen molar-refractivity contribution in [2.75, 3.05) is 26.1 Å². The molecule has 0 spiro atoms. The zero-order valence-electron chi connectivity index (χ0n) is 15.0. The van der Waals surface area contributed by atoms with Gasteiger partial charge < -0.3 is 25.3 Å². The Kier molecular flexibility index (Phi) is 9.61. The number of guanidine groups is 1. The molecule has 2 aromatic carbocycles. The Hall–Kier alpha value is -2.31. The highest BCUT2D eigenvalue weighted by atomic mass is 127. The summed E-state index contributed by atoms with van der Waals surface area (Å²) in [6, 6.07) is 10.7. The molecule has 0 saturated heterocycles. The van der Waals surface area contributed by atoms with Gasteiger partial charge in [0.1, 0.15) is 12.4 Å². The molecule has 2 rings (SSSR count). The maximum absolute atomic E-state index is 6.09. The van der Waals surface area contributed by atoms with E-state index in [-0.39, 0.29) is 36.5 Å². The van der Waals surface area contributed by atoms with Gasteiger partial charge in [-0.3, -0.25) is 0 Å². The van der Waals surface area contributed by atoms with Crippen LogP contribution in [0.25, 0.3) is 0 Å². The van der Waals surface area contributed by atoms with Gasteiger partial charge in [0, 0.05) is 5.69 Å². The van der Waals surface area contributed by atoms with Gasteiger partial charge >= 0.3 is 0 Å². The Morgan fingerprint density at radius 2 is 1.85 bits per heavy atom. The second-order valence-electron chi connectivity index (χ2n) is 5.15. The average Bonchev–Trinajstić information content (AvgIpc) is 2.65. The fraction of sp³-hybridized carbons (Fsp3) is 0.211. The minimum atomic E-state index is 0. The topological polar surface area (TPSA) is 78.1 Å². The molecule has 2 aromatic rings. The fourth-order valence-corrected chi connectivity index (χ4v) is 2.42. The SMILES string of the molecule is C#CCOc1cc(CN=C(N)Nc2ccc(OC)c(Cl)c2)ccc1OC.I. The van der Waals surface area contributed by atoms with Crippen LogP contribution in [-0.2, 0) is 6.54 Å². The van der Waals surface area contributed by atoms with Crippen molar-refractivity contribution in [2.45, 2.75) is 6.54 Å². The first-order valence-corrected chi connectivity index (χ1v) is 8.08. The Morgan fingerprint density at radius 1 is 1.15 bits per heavy atom. The number of terminal acetylenes is 1. The Labute approximate surface area is 181 Å². The van der Waals surface area contributed by atoms with Crippen LogP contribution in [0.4, 0.5) is 5.69 Å². The first kappa shape index (κ1) is 22.7. The highest BCUT2D eigenvalue weighted by Gasteiger charge is 2.06. The maximum atomic E-state index is 6.09. The van der Waals surface area contributed by atoms with Crippen molar-refractivity contribution >= 4 is 47.2 Å². The van der Waals surface area contributed by atoms with Crippen molar-refractivity contribution in [1.82, 2.24) is 0 Å². The van der Waals surface area contributed by atoms with E-state index in [1.54, 1.807) is 38.5 Å². The number of benzene rings is 2. The van der Waals surface area contributed by atoms with Crippen LogP contribution in [0.3, 0.4) is 0 Å². The molecule has 144 valence electrons. The van der Waals surface area contributed by atoms with Crippen LogP contribution in [0, 0.1) is 12.3 Å². The number of nitrogens with zero attached hydrogens (tertiary/aromatic N) is 1. The number of rotatable bonds is 7. The number of halogens is 2. The smallest absolute Gasteiger partial charge is 0.193 e. The van der Waals surface area contributed by atoms with E-state index in [1.807, 2.05) is 12.1 Å². The number of aliphatic imine (C=N–C) groups is 1. The standard InChI is InChI=1S/C19H20ClN3O3.HI/c1-4-9-26-18-10-13(5-7-17(18)25-3)12-22-19(21)23-14-6-8-16(24-2)15(20)11-14;/h1,5-8,10-11H,9,12H2,2-3H3,(H3,21,22,23);1H. The molecule has 0 aliphatic heterocycles. The number of nitrogens with one attached hydrogen (secondary N) is 1. The largest absolute Gasteiger partial charge is 0.495 e. The fourth-order valence-electron chi connectivity index (χ4n) is 2.16. The van der Waals surface area contributed by atoms with Crippen LogP contribution in [0.1, 0.15) is 5.56 Å². The highest BCUT2D eigenvalue weighted by molar-refractivity contribution is 14.0. The van der Waals surface area contributed by atoms with Crippen LogP contribution < -0.4 is 25.3 Å². The minimum Gasteiger partial charge on any atom is -0.495 e. The third kappa shape index (κ3) is 6.73. The number of methoxy groups -OCH3 is 2. The van der Waals surface area contributed by atoms with E-state index < -0.39 is 0 Å². The van der Waals surface area contributed by atoms with E-state index in [2.05, 4.69) is 16.2 Å². The van der Waals surface area contributed by atoms with Crippen molar-refractivity contribution in [2.24, 2.45) is 10.7 Å². The molecule has 0 bridgehead atoms. The van der Waals surface area contributed by atoms with Gasteiger partial charge in [-0.15, -0.1) is 30.4 Å². The quantitative estimate of drug-likeness (QED) is 0.260. The molecular formula is C19H21ClIN3O3. The number of nitrogens with two attached hydrogens (primary N) is 1. The van der Waals surface area contributed by atoms with Gasteiger partial charge in [-0.05, 0) is 35.9 Å². The van der Waals surface area contributed by atoms with Crippen molar-refractivity contribution in [3.63, 3.8) is 0 Å². The normalized spacial score (nSPS) is 10.4. The molecule has 0 aliphatic rings. The van der Waals surface area contributed by atoms with Crippen LogP contribution in [0.2, 0.25) is 5.02 Å². The molecule has 0 amide bonds. The second kappa shape index (κ2) is 11.4. The molecule has 0 radical (unpaired) electrons. The predicted octanol–water partition coefficient (Wildman–Crippen LogP) is 3.91. The molecule has 0 unspecified atom stereocenters. The first-order valence-electron chi connectivity index (χ1n) is 7.71. The monoisotopic (exact) mass is 501 g/mol. The van der Waals surface area contributed by atoms with Gasteiger partial charge in [-0.1, -0.05) is 23.6 Å². The summed E-state index contributed by atoms with van der Waals surface area (Å²) in [5, 5.41) is 3.46. The van der Waals surface area contributed by atoms with Gasteiger partial charge in [0.2, 0.25) is 0 Å². The summed E-state index contributed by atoms with van der Waals surface area (Å²) in [5.41, 5.74) is 7.54. The van der Waals surface area contributed by atoms with E-state index in [9.17, 15) is 0 Å². The summed E-state index contributed by atoms with van der Waals surface area (Å²) in [7, 11) is 3.12. The lowest BCUT2D eigenvalue weighted by molar-refractivity contribution is 0.330. The Balaban J connectivity index is 0.00000364. The van der Waals surface area contributed by atoms with Crippen molar-refractivity contribution in [3.05, 3.63) is 47.0 Å². The number of hydrogen-bond donors (Lipinski definition) is 2. The molecular weight excluding hydrogens is 481 g/mol. The molecule has 6 nitrogen and oxygen atoms in total. The summed E-state index contributed by atoms with van der Waals surface area (Å²) in [6.45, 7) is 0.518. The summed E-state index contributed by atoms with van der Waals surface area (Å²) in [6.07, 6.45) is 5.23. The van der Waals surface area contributed by atoms with Crippen molar-refractivity contribution in [3.8, 4) is 29.6 Å². The number of hydrogen-bond acceptors (Lipinski definition) is 4. The third-order valence-electron chi connectivity index (χ3n) is 3.40. The molecule has 0 heterocycles. The average molecular weight is 502 g/mol. The van der Waals surface area contributed by atoms with Crippen LogP contribution in [0.5, 0.6) is 17.2 Å². The summed E-state index contributed by atoms with van der Waals surface area (Å²) in [5.74, 6) is 4.43. The van der Waals surface area contributed by atoms with E-state index in [1.165, 1.54) is 0 Å². The zero-order valence-corrected chi connectivity index (χ0v) is 18.1. The highest BCUT2D eigenvalue weighted by Crippen LogP contribution is 2.29. The van der Waals surface area contributed by atoms with E-state index in [0.717, 1.165) is 5.56 Å². The molecule has 8 heteroatoms. The minimum absolute atomic E-state index is 0. The molecule has 0 aromatic heterocycles. The van der Waals surface area contributed by atoms with Crippen LogP contribution in [0.15, 0.2) is 41.4 Å². The predicted molar refractivity (Wildman–Crippen MR) is 120 cm³/mol. The molecule has 0 saturated carbocycles.